The average Bonchev–Trinajstić information content (AvgIpc) is 3.16. The monoisotopic (exact) mass is 417 g/mol. The van der Waals surface area contributed by atoms with Gasteiger partial charge < -0.3 is 9.73 Å². The smallest absolute Gasteiger partial charge is 0.277 e. The van der Waals surface area contributed by atoms with Gasteiger partial charge in [-0.1, -0.05) is 41.6 Å². The third kappa shape index (κ3) is 4.48. The van der Waals surface area contributed by atoms with Gasteiger partial charge in [0, 0.05) is 21.2 Å². The van der Waals surface area contributed by atoms with Crippen molar-refractivity contribution in [2.24, 2.45) is 0 Å². The van der Waals surface area contributed by atoms with Gasteiger partial charge in [0.1, 0.15) is 0 Å². The van der Waals surface area contributed by atoms with Crippen LogP contribution in [0.15, 0.2) is 63.1 Å². The molecule has 0 spiro atoms. The van der Waals surface area contributed by atoms with Crippen molar-refractivity contribution in [3.63, 3.8) is 0 Å². The quantitative estimate of drug-likeness (QED) is 0.599. The molecular weight excluding hydrogens is 402 g/mol. The second kappa shape index (κ2) is 8.37. The van der Waals surface area contributed by atoms with Crippen LogP contribution in [0.3, 0.4) is 0 Å². The van der Waals surface area contributed by atoms with Crippen LogP contribution in [-0.2, 0) is 4.79 Å². The second-order valence-electron chi connectivity index (χ2n) is 5.96. The van der Waals surface area contributed by atoms with Crippen LogP contribution in [0.4, 0.5) is 0 Å². The molecule has 0 aliphatic carbocycles. The molecular formula is C19H16ClN3O2S2. The lowest BCUT2D eigenvalue weighted by molar-refractivity contribution is -0.119. The van der Waals surface area contributed by atoms with E-state index in [1.807, 2.05) is 36.0 Å². The molecule has 0 bridgehead atoms. The highest BCUT2D eigenvalue weighted by atomic mass is 35.5. The third-order valence-corrected chi connectivity index (χ3v) is 6.31. The maximum atomic E-state index is 12.4. The maximum Gasteiger partial charge on any atom is 0.277 e. The number of nitrogens with zero attached hydrogens (tertiary/aromatic N) is 2. The first-order valence-electron chi connectivity index (χ1n) is 8.42. The van der Waals surface area contributed by atoms with Crippen molar-refractivity contribution in [1.82, 2.24) is 15.5 Å². The van der Waals surface area contributed by atoms with E-state index >= 15 is 0 Å². The molecule has 5 nitrogen and oxygen atoms in total. The van der Waals surface area contributed by atoms with Crippen LogP contribution in [0.5, 0.6) is 0 Å². The van der Waals surface area contributed by atoms with Gasteiger partial charge in [-0.2, -0.15) is 0 Å². The molecule has 1 N–H and O–H groups in total. The molecule has 27 heavy (non-hydrogen) atoms. The fraction of sp³-hybridized carbons (Fsp3) is 0.211. The van der Waals surface area contributed by atoms with E-state index in [2.05, 4.69) is 27.6 Å². The lowest BCUT2D eigenvalue weighted by atomic mass is 10.0. The minimum Gasteiger partial charge on any atom is -0.411 e. The van der Waals surface area contributed by atoms with Crippen LogP contribution in [0.2, 0.25) is 5.02 Å². The molecule has 8 heteroatoms. The van der Waals surface area contributed by atoms with E-state index in [4.69, 9.17) is 16.0 Å². The van der Waals surface area contributed by atoms with Crippen molar-refractivity contribution < 1.29 is 9.21 Å². The number of hydrogen-bond acceptors (Lipinski definition) is 6. The minimum atomic E-state index is -0.0436. The molecule has 1 aromatic heterocycles. The summed E-state index contributed by atoms with van der Waals surface area (Å²) in [6, 6.07) is 15.4. The molecule has 1 unspecified atom stereocenters. The van der Waals surface area contributed by atoms with Crippen LogP contribution < -0.4 is 5.32 Å². The Balaban J connectivity index is 1.34. The molecule has 2 aromatic carbocycles. The summed E-state index contributed by atoms with van der Waals surface area (Å²) in [4.78, 5) is 13.6. The van der Waals surface area contributed by atoms with Crippen molar-refractivity contribution in [1.29, 1.82) is 0 Å². The largest absolute Gasteiger partial charge is 0.411 e. The van der Waals surface area contributed by atoms with Gasteiger partial charge in [-0.15, -0.1) is 22.0 Å². The summed E-state index contributed by atoms with van der Waals surface area (Å²) in [6.07, 6.45) is 0.930. The predicted molar refractivity (Wildman–Crippen MR) is 108 cm³/mol. The van der Waals surface area contributed by atoms with Gasteiger partial charge in [0.15, 0.2) is 0 Å². The number of halogens is 1. The Labute approximate surface area is 170 Å². The van der Waals surface area contributed by atoms with Gasteiger partial charge in [-0.05, 0) is 42.3 Å². The minimum absolute atomic E-state index is 0.0436. The molecule has 0 radical (unpaired) electrons. The second-order valence-corrected chi connectivity index (χ2v) is 8.46. The number of carbonyl (C=O) groups is 1. The number of hydrogen-bond donors (Lipinski definition) is 1. The molecule has 4 rings (SSSR count). The van der Waals surface area contributed by atoms with Gasteiger partial charge in [0.05, 0.1) is 11.8 Å². The van der Waals surface area contributed by atoms with Gasteiger partial charge in [0.25, 0.3) is 5.22 Å². The van der Waals surface area contributed by atoms with E-state index < -0.39 is 0 Å². The number of amides is 1. The first-order chi connectivity index (χ1) is 13.2. The van der Waals surface area contributed by atoms with Crippen LogP contribution in [0.25, 0.3) is 11.5 Å². The molecule has 0 saturated carbocycles. The molecule has 1 atom stereocenters. The van der Waals surface area contributed by atoms with E-state index in [9.17, 15) is 4.79 Å². The number of nitrogens with one attached hydrogen (secondary N) is 1. The zero-order chi connectivity index (χ0) is 18.6. The normalized spacial score (nSPS) is 16.0. The van der Waals surface area contributed by atoms with E-state index in [0.29, 0.717) is 16.1 Å². The Hall–Kier alpha value is -1.96. The predicted octanol–water partition coefficient (Wildman–Crippen LogP) is 4.84. The SMILES string of the molecule is O=C(CSc1nnc(-c2ccc(Cl)cc2)o1)NC1CCSc2ccccc21. The topological polar surface area (TPSA) is 68.0 Å². The van der Waals surface area contributed by atoms with Gasteiger partial charge in [0.2, 0.25) is 11.8 Å². The number of fused-ring (bicyclic) bond motifs is 1. The van der Waals surface area contributed by atoms with E-state index in [0.717, 1.165) is 17.7 Å². The molecule has 2 heterocycles. The summed E-state index contributed by atoms with van der Waals surface area (Å²) in [5, 5.41) is 12.2. The summed E-state index contributed by atoms with van der Waals surface area (Å²) >= 11 is 8.95. The van der Waals surface area contributed by atoms with Gasteiger partial charge in [-0.25, -0.2) is 0 Å². The molecule has 1 aliphatic rings. The first-order valence-corrected chi connectivity index (χ1v) is 10.8. The van der Waals surface area contributed by atoms with Crippen molar-refractivity contribution in [3.05, 3.63) is 59.1 Å². The van der Waals surface area contributed by atoms with Crippen LogP contribution in [0, 0.1) is 0 Å². The highest BCUT2D eigenvalue weighted by molar-refractivity contribution is 7.99. The van der Waals surface area contributed by atoms with Gasteiger partial charge >= 0.3 is 0 Å². The molecule has 0 fully saturated rings. The maximum absolute atomic E-state index is 12.4. The standard InChI is InChI=1S/C19H16ClN3O2S2/c20-13-7-5-12(6-8-13)18-22-23-19(25-18)27-11-17(24)21-15-9-10-26-16-4-2-1-3-14(15)16/h1-8,15H,9-11H2,(H,21,24). The lowest BCUT2D eigenvalue weighted by Crippen LogP contribution is -2.31. The van der Waals surface area contributed by atoms with Crippen LogP contribution in [-0.4, -0.2) is 27.6 Å². The van der Waals surface area contributed by atoms with Crippen LogP contribution in [0.1, 0.15) is 18.0 Å². The van der Waals surface area contributed by atoms with Crippen molar-refractivity contribution in [2.75, 3.05) is 11.5 Å². The number of aromatic nitrogens is 2. The van der Waals surface area contributed by atoms with E-state index in [1.165, 1.54) is 22.2 Å². The summed E-state index contributed by atoms with van der Waals surface area (Å²) < 4.78 is 5.62. The fourth-order valence-electron chi connectivity index (χ4n) is 2.83. The lowest BCUT2D eigenvalue weighted by Gasteiger charge is -2.25. The Bertz CT molecular complexity index is 946. The number of benzene rings is 2. The molecule has 3 aromatic rings. The summed E-state index contributed by atoms with van der Waals surface area (Å²) in [5.74, 6) is 1.60. The fourth-order valence-corrected chi connectivity index (χ4v) is 4.66. The summed E-state index contributed by atoms with van der Waals surface area (Å²) in [7, 11) is 0. The summed E-state index contributed by atoms with van der Waals surface area (Å²) in [5.41, 5.74) is 1.98. The first kappa shape index (κ1) is 18.4. The zero-order valence-electron chi connectivity index (χ0n) is 14.2. The Kier molecular flexibility index (Phi) is 5.71. The molecule has 138 valence electrons. The van der Waals surface area contributed by atoms with E-state index in [1.54, 1.807) is 12.1 Å². The summed E-state index contributed by atoms with van der Waals surface area (Å²) in [6.45, 7) is 0. The van der Waals surface area contributed by atoms with Gasteiger partial charge in [-0.3, -0.25) is 4.79 Å². The number of rotatable bonds is 5. The Morgan fingerprint density at radius 2 is 2.04 bits per heavy atom. The van der Waals surface area contributed by atoms with Crippen LogP contribution >= 0.6 is 35.1 Å². The Morgan fingerprint density at radius 3 is 2.89 bits per heavy atom. The van der Waals surface area contributed by atoms with Crippen molar-refractivity contribution in [3.8, 4) is 11.5 Å². The molecule has 1 aliphatic heterocycles. The van der Waals surface area contributed by atoms with E-state index in [-0.39, 0.29) is 17.7 Å². The average molecular weight is 418 g/mol. The highest BCUT2D eigenvalue weighted by Gasteiger charge is 2.22. The Morgan fingerprint density at radius 1 is 1.22 bits per heavy atom. The number of thioether (sulfide) groups is 2. The third-order valence-electron chi connectivity index (χ3n) is 4.12. The van der Waals surface area contributed by atoms with Crippen molar-refractivity contribution in [2.45, 2.75) is 22.6 Å². The number of carbonyl (C=O) groups excluding carboxylic acids is 1. The van der Waals surface area contributed by atoms with Crippen molar-refractivity contribution >= 4 is 41.0 Å². The highest BCUT2D eigenvalue weighted by Crippen LogP contribution is 2.35. The molecule has 1 amide bonds. The zero-order valence-corrected chi connectivity index (χ0v) is 16.6. The molecule has 0 saturated heterocycles.